The van der Waals surface area contributed by atoms with Gasteiger partial charge in [-0.25, -0.2) is 4.79 Å². The van der Waals surface area contributed by atoms with Gasteiger partial charge in [-0.1, -0.05) is 25.5 Å². The monoisotopic (exact) mass is 419 g/mol. The van der Waals surface area contributed by atoms with Gasteiger partial charge in [-0.3, -0.25) is 9.13 Å². The molecule has 3 rings (SSSR count). The standard InChI is InChI=1S/C22H29N3O3.ClH/c1-5-6-11-23-14-16-8-10-20(21(13-16)27-4)28-15-17-7-9-18-19(12-17)25(3)22(26)24(18)2;/h7-10,12-13,23H,5-6,11,14-15H2,1-4H3;1H. The Bertz CT molecular complexity index is 1010. The molecule has 29 heavy (non-hydrogen) atoms. The SMILES string of the molecule is CCCCNCc1ccc(OCc2ccc3c(c2)n(C)c(=O)n3C)c(OC)c1.Cl. The van der Waals surface area contributed by atoms with Gasteiger partial charge in [0.1, 0.15) is 6.61 Å². The average molecular weight is 420 g/mol. The van der Waals surface area contributed by atoms with Gasteiger partial charge in [-0.2, -0.15) is 0 Å². The number of unbranched alkanes of at least 4 members (excludes halogenated alkanes) is 1. The van der Waals surface area contributed by atoms with Crippen LogP contribution in [0.3, 0.4) is 0 Å². The Balaban J connectivity index is 0.00000300. The molecule has 0 unspecified atom stereocenters. The van der Waals surface area contributed by atoms with Crippen molar-refractivity contribution in [1.82, 2.24) is 14.5 Å². The highest BCUT2D eigenvalue weighted by Crippen LogP contribution is 2.29. The van der Waals surface area contributed by atoms with E-state index in [-0.39, 0.29) is 18.1 Å². The number of nitrogens with zero attached hydrogens (tertiary/aromatic N) is 2. The lowest BCUT2D eigenvalue weighted by Gasteiger charge is -2.13. The number of fused-ring (bicyclic) bond motifs is 1. The molecule has 6 nitrogen and oxygen atoms in total. The van der Waals surface area contributed by atoms with E-state index < -0.39 is 0 Å². The van der Waals surface area contributed by atoms with Crippen molar-refractivity contribution >= 4 is 23.4 Å². The van der Waals surface area contributed by atoms with Crippen LogP contribution in [-0.4, -0.2) is 22.8 Å². The van der Waals surface area contributed by atoms with E-state index in [4.69, 9.17) is 9.47 Å². The zero-order valence-electron chi connectivity index (χ0n) is 17.5. The molecule has 1 N–H and O–H groups in total. The highest BCUT2D eigenvalue weighted by Gasteiger charge is 2.10. The van der Waals surface area contributed by atoms with Crippen LogP contribution in [-0.2, 0) is 27.2 Å². The summed E-state index contributed by atoms with van der Waals surface area (Å²) in [5, 5.41) is 3.43. The van der Waals surface area contributed by atoms with Crippen LogP contribution in [0.1, 0.15) is 30.9 Å². The van der Waals surface area contributed by atoms with Crippen molar-refractivity contribution in [3.05, 3.63) is 58.0 Å². The quantitative estimate of drug-likeness (QED) is 0.536. The maximum absolute atomic E-state index is 12.1. The van der Waals surface area contributed by atoms with Crippen LogP contribution in [0.5, 0.6) is 11.5 Å². The third-order valence-electron chi connectivity index (χ3n) is 5.00. The lowest BCUT2D eigenvalue weighted by atomic mass is 10.2. The third-order valence-corrected chi connectivity index (χ3v) is 5.00. The van der Waals surface area contributed by atoms with Gasteiger partial charge >= 0.3 is 5.69 Å². The minimum Gasteiger partial charge on any atom is -0.493 e. The molecule has 0 aliphatic rings. The number of rotatable bonds is 9. The Kier molecular flexibility index (Phi) is 8.17. The fourth-order valence-electron chi connectivity index (χ4n) is 3.28. The summed E-state index contributed by atoms with van der Waals surface area (Å²) in [4.78, 5) is 12.1. The Morgan fingerprint density at radius 3 is 2.41 bits per heavy atom. The molecular formula is C22H30ClN3O3. The van der Waals surface area contributed by atoms with Gasteiger partial charge in [0.15, 0.2) is 11.5 Å². The van der Waals surface area contributed by atoms with E-state index in [9.17, 15) is 4.79 Å². The summed E-state index contributed by atoms with van der Waals surface area (Å²) < 4.78 is 14.8. The molecule has 0 aliphatic heterocycles. The molecule has 0 amide bonds. The maximum atomic E-state index is 12.1. The molecule has 0 aliphatic carbocycles. The summed E-state index contributed by atoms with van der Waals surface area (Å²) in [7, 11) is 5.22. The number of ether oxygens (including phenoxy) is 2. The highest BCUT2D eigenvalue weighted by atomic mass is 35.5. The number of hydrogen-bond acceptors (Lipinski definition) is 4. The molecule has 158 valence electrons. The van der Waals surface area contributed by atoms with E-state index in [1.54, 1.807) is 30.3 Å². The van der Waals surface area contributed by atoms with E-state index in [0.29, 0.717) is 12.4 Å². The van der Waals surface area contributed by atoms with Gasteiger partial charge < -0.3 is 14.8 Å². The highest BCUT2D eigenvalue weighted by molar-refractivity contribution is 5.85. The van der Waals surface area contributed by atoms with Gasteiger partial charge in [0.05, 0.1) is 18.1 Å². The Morgan fingerprint density at radius 1 is 0.966 bits per heavy atom. The third kappa shape index (κ3) is 5.14. The molecule has 3 aromatic rings. The van der Waals surface area contributed by atoms with Gasteiger partial charge in [-0.15, -0.1) is 12.4 Å². The molecule has 0 fully saturated rings. The van der Waals surface area contributed by atoms with Crippen LogP contribution in [0, 0.1) is 0 Å². The minimum absolute atomic E-state index is 0. The molecule has 0 bridgehead atoms. The fourth-order valence-corrected chi connectivity index (χ4v) is 3.28. The predicted molar refractivity (Wildman–Crippen MR) is 119 cm³/mol. The van der Waals surface area contributed by atoms with Crippen LogP contribution < -0.4 is 20.5 Å². The normalized spacial score (nSPS) is 10.8. The van der Waals surface area contributed by atoms with Crippen molar-refractivity contribution in [2.24, 2.45) is 14.1 Å². The predicted octanol–water partition coefficient (Wildman–Crippen LogP) is 3.78. The van der Waals surface area contributed by atoms with Gasteiger partial charge in [0.25, 0.3) is 0 Å². The number of methoxy groups -OCH3 is 1. The van der Waals surface area contributed by atoms with Crippen LogP contribution >= 0.6 is 12.4 Å². The van der Waals surface area contributed by atoms with Crippen LogP contribution in [0.25, 0.3) is 11.0 Å². The zero-order valence-corrected chi connectivity index (χ0v) is 18.3. The Labute approximate surface area is 177 Å². The topological polar surface area (TPSA) is 57.4 Å². The summed E-state index contributed by atoms with van der Waals surface area (Å²) in [5.74, 6) is 1.44. The molecule has 1 aromatic heterocycles. The van der Waals surface area contributed by atoms with Gasteiger partial charge in [-0.05, 0) is 48.4 Å². The summed E-state index contributed by atoms with van der Waals surface area (Å²) in [6, 6.07) is 12.0. The summed E-state index contributed by atoms with van der Waals surface area (Å²) in [6.45, 7) is 4.42. The van der Waals surface area contributed by atoms with E-state index in [0.717, 1.165) is 35.4 Å². The molecular weight excluding hydrogens is 390 g/mol. The average Bonchev–Trinajstić information content (AvgIpc) is 2.93. The molecule has 0 radical (unpaired) electrons. The second-order valence-corrected chi connectivity index (χ2v) is 7.03. The number of imidazole rings is 1. The van der Waals surface area contributed by atoms with E-state index in [1.165, 1.54) is 18.4 Å². The van der Waals surface area contributed by atoms with E-state index >= 15 is 0 Å². The zero-order chi connectivity index (χ0) is 20.1. The first-order valence-corrected chi connectivity index (χ1v) is 9.70. The van der Waals surface area contributed by atoms with Crippen molar-refractivity contribution in [2.75, 3.05) is 13.7 Å². The molecule has 0 spiro atoms. The fraction of sp³-hybridized carbons (Fsp3) is 0.409. The smallest absolute Gasteiger partial charge is 0.328 e. The van der Waals surface area contributed by atoms with Crippen molar-refractivity contribution in [3.8, 4) is 11.5 Å². The van der Waals surface area contributed by atoms with Crippen molar-refractivity contribution in [1.29, 1.82) is 0 Å². The molecule has 0 atom stereocenters. The molecule has 1 heterocycles. The summed E-state index contributed by atoms with van der Waals surface area (Å²) >= 11 is 0. The van der Waals surface area contributed by atoms with Crippen LogP contribution in [0.2, 0.25) is 0 Å². The largest absolute Gasteiger partial charge is 0.493 e. The maximum Gasteiger partial charge on any atom is 0.328 e. The number of aryl methyl sites for hydroxylation is 2. The van der Waals surface area contributed by atoms with Crippen molar-refractivity contribution in [3.63, 3.8) is 0 Å². The second-order valence-electron chi connectivity index (χ2n) is 7.03. The number of aromatic nitrogens is 2. The first-order valence-electron chi connectivity index (χ1n) is 9.70. The number of benzene rings is 2. The lowest BCUT2D eigenvalue weighted by molar-refractivity contribution is 0.284. The number of nitrogens with one attached hydrogen (secondary N) is 1. The van der Waals surface area contributed by atoms with Gasteiger partial charge in [0.2, 0.25) is 0 Å². The van der Waals surface area contributed by atoms with E-state index in [2.05, 4.69) is 18.3 Å². The lowest BCUT2D eigenvalue weighted by Crippen LogP contribution is -2.19. The number of halogens is 1. The molecule has 0 saturated carbocycles. The summed E-state index contributed by atoms with van der Waals surface area (Å²) in [6.07, 6.45) is 2.36. The van der Waals surface area contributed by atoms with Gasteiger partial charge in [0, 0.05) is 20.6 Å². The Morgan fingerprint density at radius 2 is 1.69 bits per heavy atom. The van der Waals surface area contributed by atoms with Crippen LogP contribution in [0.4, 0.5) is 0 Å². The Hall–Kier alpha value is -2.44. The molecule has 7 heteroatoms. The molecule has 2 aromatic carbocycles. The first-order chi connectivity index (χ1) is 13.5. The van der Waals surface area contributed by atoms with Crippen molar-refractivity contribution in [2.45, 2.75) is 32.9 Å². The molecule has 0 saturated heterocycles. The van der Waals surface area contributed by atoms with E-state index in [1.807, 2.05) is 30.3 Å². The van der Waals surface area contributed by atoms with Crippen molar-refractivity contribution < 1.29 is 9.47 Å². The number of hydrogen-bond donors (Lipinski definition) is 1. The summed E-state index contributed by atoms with van der Waals surface area (Å²) in [5.41, 5.74) is 3.95. The minimum atomic E-state index is -0.0297. The first kappa shape index (κ1) is 22.8. The second kappa shape index (κ2) is 10.4. The van der Waals surface area contributed by atoms with Crippen LogP contribution in [0.15, 0.2) is 41.2 Å².